The van der Waals surface area contributed by atoms with Gasteiger partial charge in [0.2, 0.25) is 5.13 Å². The van der Waals surface area contributed by atoms with Crippen molar-refractivity contribution in [2.24, 2.45) is 0 Å². The predicted octanol–water partition coefficient (Wildman–Crippen LogP) is 6.27. The van der Waals surface area contributed by atoms with Crippen LogP contribution in [0.25, 0.3) is 27.5 Å². The number of rotatable bonds is 5. The maximum Gasteiger partial charge on any atom is 0.257 e. The van der Waals surface area contributed by atoms with Gasteiger partial charge in [-0.25, -0.2) is 4.68 Å². The Balaban J connectivity index is 1.50. The Bertz CT molecular complexity index is 1410. The highest BCUT2D eigenvalue weighted by Gasteiger charge is 2.19. The van der Waals surface area contributed by atoms with Crippen molar-refractivity contribution in [3.05, 3.63) is 101 Å². The SMILES string of the molecule is Cc1ccc(C(=O)Nc2nnc(-c3cn(-c4ccccc4)nc3-c3ccc(Cl)cc3)s2)cc1. The van der Waals surface area contributed by atoms with Crippen LogP contribution in [-0.2, 0) is 0 Å². The highest BCUT2D eigenvalue weighted by Crippen LogP contribution is 2.35. The molecule has 1 N–H and O–H groups in total. The van der Waals surface area contributed by atoms with E-state index >= 15 is 0 Å². The number of nitrogens with one attached hydrogen (secondary N) is 1. The molecule has 2 heterocycles. The minimum atomic E-state index is -0.226. The summed E-state index contributed by atoms with van der Waals surface area (Å²) in [6, 6.07) is 24.7. The minimum absolute atomic E-state index is 0.226. The molecule has 0 saturated heterocycles. The number of carbonyl (C=O) groups is 1. The lowest BCUT2D eigenvalue weighted by Gasteiger charge is -2.01. The lowest BCUT2D eigenvalue weighted by Crippen LogP contribution is -2.11. The monoisotopic (exact) mass is 471 g/mol. The normalized spacial score (nSPS) is 10.8. The van der Waals surface area contributed by atoms with Crippen LogP contribution in [0.2, 0.25) is 5.02 Å². The molecule has 2 aromatic heterocycles. The number of para-hydroxylation sites is 1. The summed E-state index contributed by atoms with van der Waals surface area (Å²) in [4.78, 5) is 12.6. The molecule has 0 atom stereocenters. The van der Waals surface area contributed by atoms with Crippen molar-refractivity contribution in [2.75, 3.05) is 5.32 Å². The molecular formula is C25H18ClN5OS. The van der Waals surface area contributed by atoms with Crippen LogP contribution >= 0.6 is 22.9 Å². The van der Waals surface area contributed by atoms with E-state index in [2.05, 4.69) is 15.5 Å². The lowest BCUT2D eigenvalue weighted by atomic mass is 10.1. The van der Waals surface area contributed by atoms with Gasteiger partial charge in [0.15, 0.2) is 5.01 Å². The quantitative estimate of drug-likeness (QED) is 0.328. The lowest BCUT2D eigenvalue weighted by molar-refractivity contribution is 0.102. The van der Waals surface area contributed by atoms with Crippen LogP contribution in [0.15, 0.2) is 85.1 Å². The number of aryl methyl sites for hydroxylation is 1. The van der Waals surface area contributed by atoms with Crippen LogP contribution in [0.1, 0.15) is 15.9 Å². The van der Waals surface area contributed by atoms with Crippen LogP contribution in [0.3, 0.4) is 0 Å². The summed E-state index contributed by atoms with van der Waals surface area (Å²) in [5.41, 5.74) is 5.06. The molecule has 3 aromatic carbocycles. The zero-order valence-electron chi connectivity index (χ0n) is 17.6. The van der Waals surface area contributed by atoms with E-state index in [0.29, 0.717) is 20.7 Å². The van der Waals surface area contributed by atoms with Gasteiger partial charge in [0.25, 0.3) is 5.91 Å². The first kappa shape index (κ1) is 21.1. The fraction of sp³-hybridized carbons (Fsp3) is 0.0400. The van der Waals surface area contributed by atoms with Crippen LogP contribution in [-0.4, -0.2) is 25.9 Å². The summed E-state index contributed by atoms with van der Waals surface area (Å²) in [6.07, 6.45) is 1.92. The molecule has 1 amide bonds. The van der Waals surface area contributed by atoms with Gasteiger partial charge < -0.3 is 0 Å². The Hall–Kier alpha value is -3.81. The topological polar surface area (TPSA) is 72.7 Å². The molecule has 162 valence electrons. The summed E-state index contributed by atoms with van der Waals surface area (Å²) in [6.45, 7) is 1.98. The van der Waals surface area contributed by atoms with E-state index in [1.54, 1.807) is 12.1 Å². The molecule has 8 heteroatoms. The molecule has 0 unspecified atom stereocenters. The number of anilines is 1. The number of carbonyl (C=O) groups excluding carboxylic acids is 1. The highest BCUT2D eigenvalue weighted by atomic mass is 35.5. The van der Waals surface area contributed by atoms with Gasteiger partial charge in [0.1, 0.15) is 5.69 Å². The van der Waals surface area contributed by atoms with Gasteiger partial charge in [-0.2, -0.15) is 5.10 Å². The van der Waals surface area contributed by atoms with Crippen molar-refractivity contribution in [3.63, 3.8) is 0 Å². The molecule has 5 rings (SSSR count). The van der Waals surface area contributed by atoms with Gasteiger partial charge in [-0.05, 0) is 43.3 Å². The number of aromatic nitrogens is 4. The van der Waals surface area contributed by atoms with Gasteiger partial charge in [0.05, 0.1) is 11.3 Å². The zero-order valence-corrected chi connectivity index (χ0v) is 19.1. The Labute approximate surface area is 199 Å². The summed E-state index contributed by atoms with van der Waals surface area (Å²) >= 11 is 7.38. The summed E-state index contributed by atoms with van der Waals surface area (Å²) in [5, 5.41) is 17.9. The number of amides is 1. The second-order valence-corrected chi connectivity index (χ2v) is 8.82. The Morgan fingerprint density at radius 1 is 0.939 bits per heavy atom. The van der Waals surface area contributed by atoms with Crippen molar-refractivity contribution in [1.82, 2.24) is 20.0 Å². The number of benzene rings is 3. The molecular weight excluding hydrogens is 454 g/mol. The first-order valence-corrected chi connectivity index (χ1v) is 11.4. The van der Waals surface area contributed by atoms with Crippen molar-refractivity contribution in [2.45, 2.75) is 6.92 Å². The molecule has 5 aromatic rings. The average Bonchev–Trinajstić information content (AvgIpc) is 3.48. The smallest absolute Gasteiger partial charge is 0.257 e. The zero-order chi connectivity index (χ0) is 22.8. The van der Waals surface area contributed by atoms with Crippen LogP contribution < -0.4 is 5.32 Å². The molecule has 0 aliphatic rings. The summed E-state index contributed by atoms with van der Waals surface area (Å²) in [7, 11) is 0. The van der Waals surface area contributed by atoms with Crippen molar-refractivity contribution >= 4 is 34.0 Å². The number of hydrogen-bond acceptors (Lipinski definition) is 5. The highest BCUT2D eigenvalue weighted by molar-refractivity contribution is 7.18. The molecule has 6 nitrogen and oxygen atoms in total. The predicted molar refractivity (Wildman–Crippen MR) is 132 cm³/mol. The first-order chi connectivity index (χ1) is 16.1. The maximum atomic E-state index is 12.6. The van der Waals surface area contributed by atoms with Crippen LogP contribution in [0.4, 0.5) is 5.13 Å². The van der Waals surface area contributed by atoms with Crippen LogP contribution in [0.5, 0.6) is 0 Å². The fourth-order valence-electron chi connectivity index (χ4n) is 3.32. The summed E-state index contributed by atoms with van der Waals surface area (Å²) in [5.74, 6) is -0.226. The van der Waals surface area contributed by atoms with Crippen LogP contribution in [0, 0.1) is 6.92 Å². The van der Waals surface area contributed by atoms with Crippen molar-refractivity contribution in [1.29, 1.82) is 0 Å². The molecule has 0 fully saturated rings. The molecule has 0 bridgehead atoms. The Morgan fingerprint density at radius 3 is 2.39 bits per heavy atom. The third kappa shape index (κ3) is 4.55. The Kier molecular flexibility index (Phi) is 5.73. The third-order valence-corrected chi connectivity index (χ3v) is 6.17. The Morgan fingerprint density at radius 2 is 1.67 bits per heavy atom. The van der Waals surface area contributed by atoms with Gasteiger partial charge in [-0.3, -0.25) is 10.1 Å². The largest absolute Gasteiger partial charge is 0.296 e. The number of hydrogen-bond donors (Lipinski definition) is 1. The second kappa shape index (κ2) is 8.97. The average molecular weight is 472 g/mol. The van der Waals surface area contributed by atoms with E-state index in [1.807, 2.05) is 84.5 Å². The van der Waals surface area contributed by atoms with E-state index in [9.17, 15) is 4.79 Å². The van der Waals surface area contributed by atoms with E-state index < -0.39 is 0 Å². The van der Waals surface area contributed by atoms with E-state index in [0.717, 1.165) is 28.1 Å². The molecule has 0 aliphatic carbocycles. The summed E-state index contributed by atoms with van der Waals surface area (Å²) < 4.78 is 1.81. The van der Waals surface area contributed by atoms with E-state index in [-0.39, 0.29) is 5.91 Å². The molecule has 0 aliphatic heterocycles. The van der Waals surface area contributed by atoms with Gasteiger partial charge in [-0.1, -0.05) is 71.0 Å². The number of halogens is 1. The standard InChI is InChI=1S/C25H18ClN5OS/c1-16-7-9-18(10-8-16)23(32)27-25-29-28-24(33-25)21-15-31(20-5-3-2-4-6-20)30-22(21)17-11-13-19(26)14-12-17/h2-15H,1H3,(H,27,29,32). The van der Waals surface area contributed by atoms with Crippen molar-refractivity contribution in [3.8, 4) is 27.5 Å². The molecule has 0 saturated carbocycles. The molecule has 33 heavy (non-hydrogen) atoms. The molecule has 0 spiro atoms. The maximum absolute atomic E-state index is 12.6. The molecule has 0 radical (unpaired) electrons. The number of nitrogens with zero attached hydrogens (tertiary/aromatic N) is 4. The van der Waals surface area contributed by atoms with Gasteiger partial charge >= 0.3 is 0 Å². The van der Waals surface area contributed by atoms with Gasteiger partial charge in [0, 0.05) is 22.3 Å². The minimum Gasteiger partial charge on any atom is -0.296 e. The van der Waals surface area contributed by atoms with E-state index in [1.165, 1.54) is 11.3 Å². The third-order valence-electron chi connectivity index (χ3n) is 5.04. The van der Waals surface area contributed by atoms with Gasteiger partial charge in [-0.15, -0.1) is 10.2 Å². The first-order valence-electron chi connectivity index (χ1n) is 10.2. The van der Waals surface area contributed by atoms with E-state index in [4.69, 9.17) is 16.7 Å². The fourth-order valence-corrected chi connectivity index (χ4v) is 4.20. The van der Waals surface area contributed by atoms with Crippen molar-refractivity contribution < 1.29 is 4.79 Å². The second-order valence-electron chi connectivity index (χ2n) is 7.41.